The van der Waals surface area contributed by atoms with Crippen LogP contribution in [0.15, 0.2) is 30.5 Å². The number of ether oxygens (including phenoxy) is 1. The number of rotatable bonds is 2. The van der Waals surface area contributed by atoms with Crippen LogP contribution in [-0.4, -0.2) is 42.1 Å². The Balaban J connectivity index is 1.50. The van der Waals surface area contributed by atoms with E-state index in [1.165, 1.54) is 16.5 Å². The molecule has 1 amide bonds. The lowest BCUT2D eigenvalue weighted by Crippen LogP contribution is -2.40. The van der Waals surface area contributed by atoms with Crippen molar-refractivity contribution in [3.05, 3.63) is 41.1 Å². The van der Waals surface area contributed by atoms with Crippen molar-refractivity contribution in [2.75, 3.05) is 26.3 Å². The van der Waals surface area contributed by atoms with Gasteiger partial charge >= 0.3 is 0 Å². The number of nitrogens with one attached hydrogen (secondary N) is 1. The van der Waals surface area contributed by atoms with Gasteiger partial charge < -0.3 is 14.6 Å². The maximum absolute atomic E-state index is 12.6. The molecule has 0 atom stereocenters. The summed E-state index contributed by atoms with van der Waals surface area (Å²) in [5, 5.41) is 1.93. The molecule has 0 bridgehead atoms. The van der Waals surface area contributed by atoms with Crippen LogP contribution >= 0.6 is 11.6 Å². The summed E-state index contributed by atoms with van der Waals surface area (Å²) in [7, 11) is 0. The van der Waals surface area contributed by atoms with Gasteiger partial charge in [-0.3, -0.25) is 4.79 Å². The molecule has 1 saturated heterocycles. The number of halogens is 1. The summed E-state index contributed by atoms with van der Waals surface area (Å²) in [6, 6.07) is 5.93. The molecule has 0 unspecified atom stereocenters. The second-order valence-corrected chi connectivity index (χ2v) is 6.98. The molecule has 1 aromatic carbocycles. The van der Waals surface area contributed by atoms with Crippen molar-refractivity contribution < 1.29 is 9.53 Å². The molecule has 0 saturated carbocycles. The molecular formula is C19H21ClN2O2. The van der Waals surface area contributed by atoms with E-state index in [-0.39, 0.29) is 5.92 Å². The number of hydrogen-bond donors (Lipinski definition) is 1. The van der Waals surface area contributed by atoms with Gasteiger partial charge in [0.2, 0.25) is 5.91 Å². The minimum absolute atomic E-state index is 0.143. The Morgan fingerprint density at radius 1 is 1.29 bits per heavy atom. The highest BCUT2D eigenvalue weighted by atomic mass is 35.5. The average molecular weight is 345 g/mol. The van der Waals surface area contributed by atoms with E-state index in [0.717, 1.165) is 36.3 Å². The van der Waals surface area contributed by atoms with Gasteiger partial charge in [-0.2, -0.15) is 0 Å². The first-order chi connectivity index (χ1) is 11.7. The maximum atomic E-state index is 12.6. The fourth-order valence-electron chi connectivity index (χ4n) is 3.68. The molecule has 4 nitrogen and oxygen atoms in total. The number of nitrogens with zero attached hydrogens (tertiary/aromatic N) is 1. The van der Waals surface area contributed by atoms with Crippen molar-refractivity contribution in [2.45, 2.75) is 19.3 Å². The molecule has 4 rings (SSSR count). The summed E-state index contributed by atoms with van der Waals surface area (Å²) in [5.74, 6) is 0.434. The lowest BCUT2D eigenvalue weighted by atomic mass is 9.95. The Morgan fingerprint density at radius 3 is 2.88 bits per heavy atom. The number of fused-ring (bicyclic) bond motifs is 1. The third-order valence-corrected chi connectivity index (χ3v) is 5.32. The normalized spacial score (nSPS) is 19.5. The topological polar surface area (TPSA) is 45.3 Å². The van der Waals surface area contributed by atoms with E-state index < -0.39 is 0 Å². The van der Waals surface area contributed by atoms with Crippen LogP contribution in [0.4, 0.5) is 0 Å². The molecule has 2 aliphatic rings. The van der Waals surface area contributed by atoms with E-state index in [9.17, 15) is 4.79 Å². The number of carbonyl (C=O) groups excluding carboxylic acids is 1. The highest BCUT2D eigenvalue weighted by molar-refractivity contribution is 6.31. The summed E-state index contributed by atoms with van der Waals surface area (Å²) in [5.41, 5.74) is 3.58. The second kappa shape index (κ2) is 6.61. The lowest BCUT2D eigenvalue weighted by Gasteiger charge is -2.31. The molecule has 24 heavy (non-hydrogen) atoms. The van der Waals surface area contributed by atoms with Crippen LogP contribution in [0.25, 0.3) is 16.5 Å². The second-order valence-electron chi connectivity index (χ2n) is 6.54. The third-order valence-electron chi connectivity index (χ3n) is 5.08. The molecule has 1 fully saturated rings. The third kappa shape index (κ3) is 2.96. The maximum Gasteiger partial charge on any atom is 0.226 e. The van der Waals surface area contributed by atoms with Crippen molar-refractivity contribution >= 4 is 34.0 Å². The number of H-pyrrole nitrogens is 1. The van der Waals surface area contributed by atoms with E-state index in [0.29, 0.717) is 25.7 Å². The number of carbonyl (C=O) groups is 1. The van der Waals surface area contributed by atoms with Gasteiger partial charge in [0.15, 0.2) is 0 Å². The van der Waals surface area contributed by atoms with Crippen LogP contribution in [0.5, 0.6) is 0 Å². The van der Waals surface area contributed by atoms with Crippen molar-refractivity contribution in [1.29, 1.82) is 0 Å². The monoisotopic (exact) mass is 344 g/mol. The Kier molecular flexibility index (Phi) is 4.33. The molecular weight excluding hydrogens is 324 g/mol. The quantitative estimate of drug-likeness (QED) is 0.899. The van der Waals surface area contributed by atoms with Gasteiger partial charge in [0.1, 0.15) is 0 Å². The predicted octanol–water partition coefficient (Wildman–Crippen LogP) is 3.86. The SMILES string of the molecule is O=C(C1CCOCC1)N1CC=C(c2c[nH]c3cc(Cl)ccc23)CC1. The summed E-state index contributed by atoms with van der Waals surface area (Å²) >= 11 is 6.05. The van der Waals surface area contributed by atoms with Crippen LogP contribution < -0.4 is 0 Å². The number of benzene rings is 1. The first-order valence-electron chi connectivity index (χ1n) is 8.55. The molecule has 5 heteroatoms. The molecule has 1 aromatic heterocycles. The van der Waals surface area contributed by atoms with Crippen LogP contribution in [0.3, 0.4) is 0 Å². The molecule has 2 aliphatic heterocycles. The van der Waals surface area contributed by atoms with E-state index in [1.807, 2.05) is 23.2 Å². The van der Waals surface area contributed by atoms with Crippen molar-refractivity contribution in [2.24, 2.45) is 5.92 Å². The number of amides is 1. The molecule has 0 aliphatic carbocycles. The van der Waals surface area contributed by atoms with Crippen molar-refractivity contribution in [3.63, 3.8) is 0 Å². The first-order valence-corrected chi connectivity index (χ1v) is 8.93. The van der Waals surface area contributed by atoms with E-state index in [2.05, 4.69) is 17.1 Å². The van der Waals surface area contributed by atoms with Gasteiger partial charge in [0.05, 0.1) is 0 Å². The smallest absolute Gasteiger partial charge is 0.226 e. The molecule has 2 aromatic rings. The van der Waals surface area contributed by atoms with Crippen LogP contribution in [0, 0.1) is 5.92 Å². The van der Waals surface area contributed by atoms with Crippen molar-refractivity contribution in [3.8, 4) is 0 Å². The zero-order chi connectivity index (χ0) is 16.5. The molecule has 1 N–H and O–H groups in total. The number of aromatic amines is 1. The van der Waals surface area contributed by atoms with Crippen LogP contribution in [0.1, 0.15) is 24.8 Å². The van der Waals surface area contributed by atoms with Gasteiger partial charge in [0.25, 0.3) is 0 Å². The molecule has 0 radical (unpaired) electrons. The Labute approximate surface area is 146 Å². The Hall–Kier alpha value is -1.78. The van der Waals surface area contributed by atoms with Crippen molar-refractivity contribution in [1.82, 2.24) is 9.88 Å². The number of hydrogen-bond acceptors (Lipinski definition) is 2. The fourth-order valence-corrected chi connectivity index (χ4v) is 3.85. The minimum atomic E-state index is 0.143. The van der Waals surface area contributed by atoms with Crippen LogP contribution in [0.2, 0.25) is 5.02 Å². The number of aromatic nitrogens is 1. The van der Waals surface area contributed by atoms with Gasteiger partial charge in [-0.1, -0.05) is 23.7 Å². The van der Waals surface area contributed by atoms with E-state index >= 15 is 0 Å². The Bertz CT molecular complexity index is 790. The van der Waals surface area contributed by atoms with E-state index in [4.69, 9.17) is 16.3 Å². The highest BCUT2D eigenvalue weighted by Gasteiger charge is 2.27. The largest absolute Gasteiger partial charge is 0.381 e. The van der Waals surface area contributed by atoms with Crippen LogP contribution in [-0.2, 0) is 9.53 Å². The summed E-state index contributed by atoms with van der Waals surface area (Å²) < 4.78 is 5.36. The summed E-state index contributed by atoms with van der Waals surface area (Å²) in [4.78, 5) is 17.9. The summed E-state index contributed by atoms with van der Waals surface area (Å²) in [6.07, 6.45) is 6.84. The zero-order valence-electron chi connectivity index (χ0n) is 13.6. The van der Waals surface area contributed by atoms with Gasteiger partial charge in [-0.05, 0) is 37.0 Å². The standard InChI is InChI=1S/C19H21ClN2O2/c20-15-1-2-16-17(12-21-18(16)11-15)13-3-7-22(8-4-13)19(23)14-5-9-24-10-6-14/h1-3,11-12,14,21H,4-10H2. The average Bonchev–Trinajstić information content (AvgIpc) is 3.05. The van der Waals surface area contributed by atoms with Gasteiger partial charge in [-0.15, -0.1) is 0 Å². The molecule has 126 valence electrons. The summed E-state index contributed by atoms with van der Waals surface area (Å²) in [6.45, 7) is 2.92. The minimum Gasteiger partial charge on any atom is -0.381 e. The van der Waals surface area contributed by atoms with Gasteiger partial charge in [-0.25, -0.2) is 0 Å². The predicted molar refractivity (Wildman–Crippen MR) is 96.0 cm³/mol. The highest BCUT2D eigenvalue weighted by Crippen LogP contribution is 2.31. The Morgan fingerprint density at radius 2 is 2.12 bits per heavy atom. The first kappa shape index (κ1) is 15.7. The van der Waals surface area contributed by atoms with Gasteiger partial charge in [0, 0.05) is 59.9 Å². The molecule has 0 spiro atoms. The zero-order valence-corrected chi connectivity index (χ0v) is 14.3. The lowest BCUT2D eigenvalue weighted by molar-refractivity contribution is -0.138. The fraction of sp³-hybridized carbons (Fsp3) is 0.421. The molecule has 3 heterocycles. The van der Waals surface area contributed by atoms with E-state index in [1.54, 1.807) is 0 Å².